The maximum absolute atomic E-state index is 13.1. The Morgan fingerprint density at radius 1 is 1.07 bits per heavy atom. The number of methoxy groups -OCH3 is 1. The first-order valence-electron chi connectivity index (χ1n) is 8.76. The molecule has 1 aliphatic rings. The number of ether oxygens (including phenoxy) is 1. The average Bonchev–Trinajstić information content (AvgIpc) is 3.35. The number of anilines is 1. The van der Waals surface area contributed by atoms with Crippen molar-refractivity contribution in [2.75, 3.05) is 12.0 Å². The van der Waals surface area contributed by atoms with Crippen LogP contribution in [0.15, 0.2) is 76.1 Å². The number of ketones is 1. The van der Waals surface area contributed by atoms with Crippen LogP contribution < -0.4 is 9.64 Å². The molecule has 3 aromatic rings. The second kappa shape index (κ2) is 7.85. The lowest BCUT2D eigenvalue weighted by Gasteiger charge is -2.25. The van der Waals surface area contributed by atoms with E-state index in [1.54, 1.807) is 48.5 Å². The zero-order valence-corrected chi connectivity index (χ0v) is 17.7. The highest BCUT2D eigenvalue weighted by Gasteiger charge is 2.48. The van der Waals surface area contributed by atoms with Gasteiger partial charge in [0.2, 0.25) is 0 Å². The molecule has 7 heteroatoms. The number of carbonyl (C=O) groups is 2. The summed E-state index contributed by atoms with van der Waals surface area (Å²) in [4.78, 5) is 28.2. The van der Waals surface area contributed by atoms with Crippen molar-refractivity contribution in [1.29, 1.82) is 0 Å². The lowest BCUT2D eigenvalue weighted by atomic mass is 10.00. The fourth-order valence-corrected chi connectivity index (χ4v) is 4.48. The van der Waals surface area contributed by atoms with E-state index in [1.807, 2.05) is 17.5 Å². The van der Waals surface area contributed by atoms with Crippen LogP contribution >= 0.6 is 27.3 Å². The van der Waals surface area contributed by atoms with E-state index in [9.17, 15) is 14.7 Å². The number of rotatable bonds is 4. The van der Waals surface area contributed by atoms with Gasteiger partial charge < -0.3 is 9.84 Å². The van der Waals surface area contributed by atoms with Crippen LogP contribution in [0.4, 0.5) is 5.69 Å². The summed E-state index contributed by atoms with van der Waals surface area (Å²) in [6.07, 6.45) is 0. The molecule has 1 aliphatic heterocycles. The van der Waals surface area contributed by atoms with Crippen molar-refractivity contribution in [2.45, 2.75) is 6.04 Å². The molecule has 5 nitrogen and oxygen atoms in total. The van der Waals surface area contributed by atoms with Gasteiger partial charge in [-0.05, 0) is 35.7 Å². The van der Waals surface area contributed by atoms with Crippen LogP contribution in [-0.4, -0.2) is 23.9 Å². The van der Waals surface area contributed by atoms with Gasteiger partial charge in [-0.3, -0.25) is 14.5 Å². The second-order valence-corrected chi connectivity index (χ2v) is 8.26. The molecule has 0 aliphatic carbocycles. The summed E-state index contributed by atoms with van der Waals surface area (Å²) in [5, 5.41) is 12.9. The van der Waals surface area contributed by atoms with Gasteiger partial charge in [0.15, 0.2) is 0 Å². The van der Waals surface area contributed by atoms with Crippen molar-refractivity contribution < 1.29 is 19.4 Å². The number of hydrogen-bond acceptors (Lipinski definition) is 5. The number of halogens is 1. The number of thiophene rings is 1. The standard InChI is InChI=1S/C22H16BrNO4S/c1-28-16-6-3-2-5-15(16)24-19(17-7-4-12-29-17)18(21(26)22(24)27)20(25)13-8-10-14(23)11-9-13/h2-12,19,25H,1H3/b20-18-. The first-order chi connectivity index (χ1) is 14.0. The third-order valence-electron chi connectivity index (χ3n) is 4.72. The Kier molecular flexibility index (Phi) is 5.25. The van der Waals surface area contributed by atoms with Crippen molar-refractivity contribution in [1.82, 2.24) is 0 Å². The SMILES string of the molecule is COc1ccccc1N1C(=O)C(=O)/C(=C(\O)c2ccc(Br)cc2)C1c1cccs1. The minimum Gasteiger partial charge on any atom is -0.507 e. The molecular weight excluding hydrogens is 454 g/mol. The summed E-state index contributed by atoms with van der Waals surface area (Å²) in [6, 6.07) is 16.9. The normalized spacial score (nSPS) is 18.3. The van der Waals surface area contributed by atoms with Gasteiger partial charge in [0.25, 0.3) is 11.7 Å². The van der Waals surface area contributed by atoms with Gasteiger partial charge in [0.1, 0.15) is 17.6 Å². The minimum absolute atomic E-state index is 0.0608. The minimum atomic E-state index is -0.741. The monoisotopic (exact) mass is 469 g/mol. The van der Waals surface area contributed by atoms with E-state index in [1.165, 1.54) is 23.3 Å². The van der Waals surface area contributed by atoms with Gasteiger partial charge in [-0.2, -0.15) is 0 Å². The van der Waals surface area contributed by atoms with Crippen LogP contribution in [-0.2, 0) is 9.59 Å². The van der Waals surface area contributed by atoms with Crippen molar-refractivity contribution >= 4 is 50.4 Å². The molecular formula is C22H16BrNO4S. The molecule has 0 spiro atoms. The van der Waals surface area contributed by atoms with Gasteiger partial charge in [0.05, 0.1) is 18.4 Å². The number of aliphatic hydroxyl groups is 1. The molecule has 2 aromatic carbocycles. The van der Waals surface area contributed by atoms with E-state index in [0.29, 0.717) is 17.0 Å². The molecule has 1 aromatic heterocycles. The van der Waals surface area contributed by atoms with Gasteiger partial charge in [-0.15, -0.1) is 11.3 Å². The Morgan fingerprint density at radius 2 is 1.79 bits per heavy atom. The molecule has 29 heavy (non-hydrogen) atoms. The van der Waals surface area contributed by atoms with Crippen molar-refractivity contribution in [3.05, 3.63) is 86.5 Å². The third-order valence-corrected chi connectivity index (χ3v) is 6.17. The summed E-state index contributed by atoms with van der Waals surface area (Å²) < 4.78 is 6.26. The molecule has 1 unspecified atom stereocenters. The van der Waals surface area contributed by atoms with E-state index in [-0.39, 0.29) is 11.3 Å². The van der Waals surface area contributed by atoms with Crippen LogP contribution in [0.5, 0.6) is 5.75 Å². The van der Waals surface area contributed by atoms with Crippen LogP contribution in [0.25, 0.3) is 5.76 Å². The van der Waals surface area contributed by atoms with Gasteiger partial charge in [0, 0.05) is 14.9 Å². The lowest BCUT2D eigenvalue weighted by Crippen LogP contribution is -2.29. The molecule has 4 rings (SSSR count). The third kappa shape index (κ3) is 3.36. The first-order valence-corrected chi connectivity index (χ1v) is 10.4. The number of aliphatic hydroxyl groups excluding tert-OH is 1. The highest BCUT2D eigenvalue weighted by molar-refractivity contribution is 9.10. The van der Waals surface area contributed by atoms with Crippen molar-refractivity contribution in [3.8, 4) is 5.75 Å². The van der Waals surface area contributed by atoms with Gasteiger partial charge >= 0.3 is 0 Å². The zero-order valence-electron chi connectivity index (χ0n) is 15.3. The Balaban J connectivity index is 1.94. The summed E-state index contributed by atoms with van der Waals surface area (Å²) >= 11 is 4.77. The summed E-state index contributed by atoms with van der Waals surface area (Å²) in [5.41, 5.74) is 1.00. The highest BCUT2D eigenvalue weighted by Crippen LogP contribution is 2.45. The fraction of sp³-hybridized carbons (Fsp3) is 0.0909. The molecule has 146 valence electrons. The quantitative estimate of drug-likeness (QED) is 0.326. The predicted octanol–water partition coefficient (Wildman–Crippen LogP) is 5.15. The van der Waals surface area contributed by atoms with Crippen molar-refractivity contribution in [2.24, 2.45) is 0 Å². The Hall–Kier alpha value is -2.90. The molecule has 0 radical (unpaired) electrons. The molecule has 1 saturated heterocycles. The Labute approximate surface area is 180 Å². The first kappa shape index (κ1) is 19.4. The second-order valence-electron chi connectivity index (χ2n) is 6.36. The maximum Gasteiger partial charge on any atom is 0.300 e. The fourth-order valence-electron chi connectivity index (χ4n) is 3.39. The van der Waals surface area contributed by atoms with Crippen LogP contribution in [0.1, 0.15) is 16.5 Å². The van der Waals surface area contributed by atoms with E-state index >= 15 is 0 Å². The number of amides is 1. The topological polar surface area (TPSA) is 66.8 Å². The Bertz CT molecular complexity index is 1110. The van der Waals surface area contributed by atoms with Gasteiger partial charge in [-0.25, -0.2) is 0 Å². The molecule has 2 heterocycles. The average molecular weight is 470 g/mol. The molecule has 1 amide bonds. The zero-order chi connectivity index (χ0) is 20.5. The van der Waals surface area contributed by atoms with Crippen LogP contribution in [0.2, 0.25) is 0 Å². The van der Waals surface area contributed by atoms with Crippen LogP contribution in [0, 0.1) is 0 Å². The highest BCUT2D eigenvalue weighted by atomic mass is 79.9. The summed E-state index contributed by atoms with van der Waals surface area (Å²) in [5.74, 6) is -1.16. The molecule has 0 bridgehead atoms. The number of carbonyl (C=O) groups excluding carboxylic acids is 2. The molecule has 0 saturated carbocycles. The maximum atomic E-state index is 13.1. The Morgan fingerprint density at radius 3 is 2.45 bits per heavy atom. The summed E-state index contributed by atoms with van der Waals surface area (Å²) in [6.45, 7) is 0. The lowest BCUT2D eigenvalue weighted by molar-refractivity contribution is -0.132. The van der Waals surface area contributed by atoms with Crippen molar-refractivity contribution in [3.63, 3.8) is 0 Å². The number of hydrogen-bond donors (Lipinski definition) is 1. The number of Topliss-reactive ketones (excluding diaryl/α,β-unsaturated/α-hetero) is 1. The van der Waals surface area contributed by atoms with E-state index in [2.05, 4.69) is 15.9 Å². The number of nitrogens with zero attached hydrogens (tertiary/aromatic N) is 1. The van der Waals surface area contributed by atoms with E-state index < -0.39 is 17.7 Å². The molecule has 1 atom stereocenters. The molecule has 1 N–H and O–H groups in total. The number of para-hydroxylation sites is 2. The van der Waals surface area contributed by atoms with Gasteiger partial charge in [-0.1, -0.05) is 46.3 Å². The summed E-state index contributed by atoms with van der Waals surface area (Å²) in [7, 11) is 1.51. The number of benzene rings is 2. The molecule has 1 fully saturated rings. The van der Waals surface area contributed by atoms with E-state index in [0.717, 1.165) is 9.35 Å². The smallest absolute Gasteiger partial charge is 0.300 e. The van der Waals surface area contributed by atoms with E-state index in [4.69, 9.17) is 4.74 Å². The predicted molar refractivity (Wildman–Crippen MR) is 116 cm³/mol. The van der Waals surface area contributed by atoms with Crippen LogP contribution in [0.3, 0.4) is 0 Å². The largest absolute Gasteiger partial charge is 0.507 e.